The van der Waals surface area contributed by atoms with E-state index in [4.69, 9.17) is 4.74 Å². The number of esters is 1. The summed E-state index contributed by atoms with van der Waals surface area (Å²) in [6.45, 7) is 3.84. The predicted molar refractivity (Wildman–Crippen MR) is 118 cm³/mol. The molecule has 4 atom stereocenters. The number of fused-ring (bicyclic) bond motifs is 1. The van der Waals surface area contributed by atoms with Crippen LogP contribution >= 0.6 is 0 Å². The molecule has 0 amide bonds. The first-order valence-corrected chi connectivity index (χ1v) is 12.4. The summed E-state index contributed by atoms with van der Waals surface area (Å²) in [6, 6.07) is 1.79. The van der Waals surface area contributed by atoms with Crippen molar-refractivity contribution in [1.82, 2.24) is 0 Å². The average molecular weight is 449 g/mol. The molecule has 0 aliphatic heterocycles. The third-order valence-electron chi connectivity index (χ3n) is 8.54. The average Bonchev–Trinajstić information content (AvgIpc) is 2.82. The number of ether oxygens (including phenoxy) is 1. The highest BCUT2D eigenvalue weighted by Gasteiger charge is 2.43. The maximum atomic E-state index is 14.0. The van der Waals surface area contributed by atoms with Crippen molar-refractivity contribution >= 4 is 5.97 Å². The molecule has 0 radical (unpaired) electrons. The Morgan fingerprint density at radius 3 is 2.44 bits per heavy atom. The lowest BCUT2D eigenvalue weighted by atomic mass is 9.59. The summed E-state index contributed by atoms with van der Waals surface area (Å²) in [6.07, 6.45) is 15.9. The minimum Gasteiger partial charge on any atom is -0.423 e. The Balaban J connectivity index is 1.33. The maximum Gasteiger partial charge on any atom is 0.314 e. The van der Waals surface area contributed by atoms with E-state index in [1.54, 1.807) is 0 Å². The normalized spacial score (nSPS) is 32.7. The van der Waals surface area contributed by atoms with Gasteiger partial charge in [0.1, 0.15) is 0 Å². The Kier molecular flexibility index (Phi) is 7.63. The first-order valence-electron chi connectivity index (χ1n) is 12.4. The standard InChI is InChI=1S/C27H35F3O2/c1-2-3-5-17-8-10-18(11-9-17)19-12-13-21-20(16-19)6-4-7-22(21)27(31)32-24-15-14-23(28)25(29)26(24)30/h2,14-15,17-22H,1,3-13,16H2. The molecule has 5 heteroatoms. The highest BCUT2D eigenvalue weighted by Crippen LogP contribution is 2.50. The van der Waals surface area contributed by atoms with Gasteiger partial charge in [-0.1, -0.05) is 31.8 Å². The van der Waals surface area contributed by atoms with E-state index in [1.165, 1.54) is 38.5 Å². The molecule has 3 aliphatic carbocycles. The van der Waals surface area contributed by atoms with Crippen LogP contribution in [0.5, 0.6) is 5.75 Å². The third-order valence-corrected chi connectivity index (χ3v) is 8.54. The van der Waals surface area contributed by atoms with Crippen LogP contribution in [0.1, 0.15) is 77.0 Å². The van der Waals surface area contributed by atoms with Gasteiger partial charge in [0.05, 0.1) is 5.92 Å². The Hall–Kier alpha value is -1.78. The van der Waals surface area contributed by atoms with E-state index < -0.39 is 29.2 Å². The van der Waals surface area contributed by atoms with Gasteiger partial charge in [0.2, 0.25) is 5.82 Å². The first-order chi connectivity index (χ1) is 15.5. The number of hydrogen-bond acceptors (Lipinski definition) is 2. The number of allylic oxidation sites excluding steroid dienone is 1. The van der Waals surface area contributed by atoms with Crippen LogP contribution < -0.4 is 4.74 Å². The van der Waals surface area contributed by atoms with Crippen molar-refractivity contribution in [3.8, 4) is 5.75 Å². The monoisotopic (exact) mass is 448 g/mol. The quantitative estimate of drug-likeness (QED) is 0.194. The van der Waals surface area contributed by atoms with Gasteiger partial charge in [0.15, 0.2) is 17.4 Å². The summed E-state index contributed by atoms with van der Waals surface area (Å²) in [5, 5.41) is 0. The molecule has 0 saturated heterocycles. The number of halogens is 3. The minimum absolute atomic E-state index is 0.254. The summed E-state index contributed by atoms with van der Waals surface area (Å²) in [4.78, 5) is 12.9. The molecule has 176 valence electrons. The van der Waals surface area contributed by atoms with Gasteiger partial charge in [-0.3, -0.25) is 4.79 Å². The number of rotatable bonds is 6. The van der Waals surface area contributed by atoms with E-state index in [9.17, 15) is 18.0 Å². The second kappa shape index (κ2) is 10.4. The van der Waals surface area contributed by atoms with Crippen LogP contribution in [0.3, 0.4) is 0 Å². The van der Waals surface area contributed by atoms with E-state index in [-0.39, 0.29) is 11.8 Å². The molecule has 1 aromatic rings. The van der Waals surface area contributed by atoms with Crippen molar-refractivity contribution in [2.45, 2.75) is 77.0 Å². The van der Waals surface area contributed by atoms with Crippen LogP contribution in [-0.2, 0) is 4.79 Å². The Bertz CT molecular complexity index is 815. The van der Waals surface area contributed by atoms with Crippen molar-refractivity contribution in [3.05, 3.63) is 42.2 Å². The number of carbonyl (C=O) groups excluding carboxylic acids is 1. The van der Waals surface area contributed by atoms with Crippen molar-refractivity contribution in [1.29, 1.82) is 0 Å². The largest absolute Gasteiger partial charge is 0.423 e. The molecule has 3 fully saturated rings. The van der Waals surface area contributed by atoms with Crippen LogP contribution in [0.4, 0.5) is 13.2 Å². The molecule has 1 aromatic carbocycles. The lowest BCUT2D eigenvalue weighted by molar-refractivity contribution is -0.144. The third kappa shape index (κ3) is 5.07. The summed E-state index contributed by atoms with van der Waals surface area (Å²) >= 11 is 0. The van der Waals surface area contributed by atoms with Crippen LogP contribution in [0, 0.1) is 53.0 Å². The smallest absolute Gasteiger partial charge is 0.314 e. The molecule has 0 aromatic heterocycles. The Morgan fingerprint density at radius 1 is 0.938 bits per heavy atom. The van der Waals surface area contributed by atoms with Gasteiger partial charge in [-0.25, -0.2) is 8.78 Å². The molecule has 32 heavy (non-hydrogen) atoms. The predicted octanol–water partition coefficient (Wildman–Crippen LogP) is 7.61. The topological polar surface area (TPSA) is 26.3 Å². The lowest BCUT2D eigenvalue weighted by Crippen LogP contribution is -2.40. The van der Waals surface area contributed by atoms with Crippen molar-refractivity contribution in [3.63, 3.8) is 0 Å². The zero-order valence-electron chi connectivity index (χ0n) is 18.8. The molecular formula is C27H35F3O2. The zero-order chi connectivity index (χ0) is 22.7. The number of carbonyl (C=O) groups is 1. The molecule has 2 nitrogen and oxygen atoms in total. The molecule has 3 aliphatic rings. The first kappa shape index (κ1) is 23.4. The van der Waals surface area contributed by atoms with E-state index in [1.807, 2.05) is 6.08 Å². The van der Waals surface area contributed by atoms with Gasteiger partial charge in [-0.15, -0.1) is 6.58 Å². The highest BCUT2D eigenvalue weighted by atomic mass is 19.2. The van der Waals surface area contributed by atoms with E-state index in [2.05, 4.69) is 6.58 Å². The zero-order valence-corrected chi connectivity index (χ0v) is 18.8. The van der Waals surface area contributed by atoms with Gasteiger partial charge in [0.25, 0.3) is 0 Å². The van der Waals surface area contributed by atoms with E-state index >= 15 is 0 Å². The number of hydrogen-bond donors (Lipinski definition) is 0. The van der Waals surface area contributed by atoms with Crippen molar-refractivity contribution in [2.24, 2.45) is 35.5 Å². The Labute approximate surface area is 189 Å². The minimum atomic E-state index is -1.60. The highest BCUT2D eigenvalue weighted by molar-refractivity contribution is 5.75. The van der Waals surface area contributed by atoms with Crippen molar-refractivity contribution in [2.75, 3.05) is 0 Å². The molecule has 4 unspecified atom stereocenters. The molecule has 0 spiro atoms. The van der Waals surface area contributed by atoms with Crippen LogP contribution in [0.25, 0.3) is 0 Å². The van der Waals surface area contributed by atoms with E-state index in [0.717, 1.165) is 68.4 Å². The summed E-state index contributed by atoms with van der Waals surface area (Å²) in [7, 11) is 0. The Morgan fingerprint density at radius 2 is 1.69 bits per heavy atom. The molecule has 0 bridgehead atoms. The second-order valence-corrected chi connectivity index (χ2v) is 10.3. The van der Waals surface area contributed by atoms with Gasteiger partial charge in [-0.05, 0) is 93.1 Å². The van der Waals surface area contributed by atoms with Crippen LogP contribution in [0.2, 0.25) is 0 Å². The van der Waals surface area contributed by atoms with Gasteiger partial charge in [-0.2, -0.15) is 4.39 Å². The maximum absolute atomic E-state index is 14.0. The van der Waals surface area contributed by atoms with Gasteiger partial charge >= 0.3 is 5.97 Å². The van der Waals surface area contributed by atoms with Crippen molar-refractivity contribution < 1.29 is 22.7 Å². The van der Waals surface area contributed by atoms with Gasteiger partial charge < -0.3 is 4.74 Å². The molecule has 4 rings (SSSR count). The molecule has 3 saturated carbocycles. The summed E-state index contributed by atoms with van der Waals surface area (Å²) in [5.41, 5.74) is 0. The molecule has 0 heterocycles. The summed E-state index contributed by atoms with van der Waals surface area (Å²) in [5.74, 6) is -2.44. The number of benzene rings is 1. The SMILES string of the molecule is C=CCCC1CCC(C2CCC3C(CCCC3C(=O)Oc3ccc(F)c(F)c3F)C2)CC1. The second-order valence-electron chi connectivity index (χ2n) is 10.3. The fourth-order valence-electron chi connectivity index (χ4n) is 6.79. The fourth-order valence-corrected chi connectivity index (χ4v) is 6.79. The van der Waals surface area contributed by atoms with E-state index in [0.29, 0.717) is 5.92 Å². The fraction of sp³-hybridized carbons (Fsp3) is 0.667. The lowest BCUT2D eigenvalue weighted by Gasteiger charge is -2.46. The summed E-state index contributed by atoms with van der Waals surface area (Å²) < 4.78 is 45.9. The van der Waals surface area contributed by atoms with Crippen LogP contribution in [0.15, 0.2) is 24.8 Å². The van der Waals surface area contributed by atoms with Gasteiger partial charge in [0, 0.05) is 0 Å². The molecule has 0 N–H and O–H groups in total. The molecular weight excluding hydrogens is 413 g/mol. The van der Waals surface area contributed by atoms with Crippen LogP contribution in [-0.4, -0.2) is 5.97 Å².